The zero-order chi connectivity index (χ0) is 12.3. The maximum Gasteiger partial charge on any atom is 0.217 e. The van der Waals surface area contributed by atoms with E-state index in [1.807, 2.05) is 30.4 Å². The first-order valence-electron chi connectivity index (χ1n) is 5.22. The Hall–Kier alpha value is -1.88. The Morgan fingerprint density at radius 1 is 1.59 bits per heavy atom. The SMILES string of the molecule is CC(=O)NCC=Cc1ccc2sc(N)nc2c1. The van der Waals surface area contributed by atoms with Gasteiger partial charge in [-0.3, -0.25) is 4.79 Å². The van der Waals surface area contributed by atoms with Gasteiger partial charge in [-0.25, -0.2) is 4.98 Å². The number of nitrogens with zero attached hydrogens (tertiary/aromatic N) is 1. The average molecular weight is 247 g/mol. The molecule has 0 saturated carbocycles. The third-order valence-electron chi connectivity index (χ3n) is 2.21. The zero-order valence-electron chi connectivity index (χ0n) is 9.43. The van der Waals surface area contributed by atoms with E-state index < -0.39 is 0 Å². The lowest BCUT2D eigenvalue weighted by Crippen LogP contribution is -2.19. The topological polar surface area (TPSA) is 68.0 Å². The Balaban J connectivity index is 2.10. The Bertz CT molecular complexity index is 574. The van der Waals surface area contributed by atoms with Gasteiger partial charge in [-0.1, -0.05) is 29.6 Å². The van der Waals surface area contributed by atoms with E-state index >= 15 is 0 Å². The second-order valence-corrected chi connectivity index (χ2v) is 4.68. The molecule has 1 heterocycles. The molecule has 0 aliphatic carbocycles. The van der Waals surface area contributed by atoms with Crippen LogP contribution in [0.5, 0.6) is 0 Å². The second kappa shape index (κ2) is 4.97. The van der Waals surface area contributed by atoms with Crippen molar-refractivity contribution in [2.45, 2.75) is 6.92 Å². The first kappa shape index (κ1) is 11.6. The van der Waals surface area contributed by atoms with Crippen LogP contribution in [0.1, 0.15) is 12.5 Å². The number of nitrogens with one attached hydrogen (secondary N) is 1. The number of nitrogen functional groups attached to an aromatic ring is 1. The first-order chi connectivity index (χ1) is 8.15. The quantitative estimate of drug-likeness (QED) is 0.872. The van der Waals surface area contributed by atoms with Gasteiger partial charge in [0.1, 0.15) is 0 Å². The van der Waals surface area contributed by atoms with E-state index in [0.717, 1.165) is 15.8 Å². The first-order valence-corrected chi connectivity index (χ1v) is 6.04. The summed E-state index contributed by atoms with van der Waals surface area (Å²) in [6.07, 6.45) is 3.85. The highest BCUT2D eigenvalue weighted by molar-refractivity contribution is 7.22. The molecule has 0 atom stereocenters. The van der Waals surface area contributed by atoms with Crippen molar-refractivity contribution in [3.63, 3.8) is 0 Å². The fourth-order valence-electron chi connectivity index (χ4n) is 1.46. The molecule has 0 bridgehead atoms. The number of benzene rings is 1. The summed E-state index contributed by atoms with van der Waals surface area (Å²) in [6, 6.07) is 5.98. The van der Waals surface area contributed by atoms with Gasteiger partial charge in [0.15, 0.2) is 5.13 Å². The number of rotatable bonds is 3. The second-order valence-electron chi connectivity index (χ2n) is 3.62. The number of anilines is 1. The Kier molecular flexibility index (Phi) is 3.39. The van der Waals surface area contributed by atoms with E-state index in [0.29, 0.717) is 11.7 Å². The summed E-state index contributed by atoms with van der Waals surface area (Å²) in [5.74, 6) is -0.0302. The number of amides is 1. The Labute approximate surface area is 103 Å². The van der Waals surface area contributed by atoms with Gasteiger partial charge in [0, 0.05) is 13.5 Å². The predicted molar refractivity (Wildman–Crippen MR) is 71.8 cm³/mol. The van der Waals surface area contributed by atoms with Gasteiger partial charge < -0.3 is 11.1 Å². The third kappa shape index (κ3) is 3.04. The normalized spacial score (nSPS) is 11.1. The van der Waals surface area contributed by atoms with Crippen molar-refractivity contribution in [2.24, 2.45) is 0 Å². The zero-order valence-corrected chi connectivity index (χ0v) is 10.3. The van der Waals surface area contributed by atoms with Crippen molar-refractivity contribution in [3.05, 3.63) is 29.8 Å². The van der Waals surface area contributed by atoms with Gasteiger partial charge in [0.25, 0.3) is 0 Å². The Morgan fingerprint density at radius 3 is 3.18 bits per heavy atom. The molecule has 1 aromatic heterocycles. The summed E-state index contributed by atoms with van der Waals surface area (Å²) in [5, 5.41) is 3.28. The predicted octanol–water partition coefficient (Wildman–Crippen LogP) is 2.03. The molecule has 0 aliphatic heterocycles. The number of thiazole rings is 1. The number of fused-ring (bicyclic) bond motifs is 1. The van der Waals surface area contributed by atoms with Crippen molar-refractivity contribution < 1.29 is 4.79 Å². The number of hydrogen-bond donors (Lipinski definition) is 2. The highest BCUT2D eigenvalue weighted by Crippen LogP contribution is 2.24. The van der Waals surface area contributed by atoms with E-state index in [9.17, 15) is 4.79 Å². The van der Waals surface area contributed by atoms with Crippen LogP contribution in [0, 0.1) is 0 Å². The number of carbonyl (C=O) groups is 1. The van der Waals surface area contributed by atoms with Crippen molar-refractivity contribution >= 4 is 38.7 Å². The van der Waals surface area contributed by atoms with Crippen molar-refractivity contribution in [1.82, 2.24) is 10.3 Å². The van der Waals surface area contributed by atoms with Crippen molar-refractivity contribution in [1.29, 1.82) is 0 Å². The monoisotopic (exact) mass is 247 g/mol. The van der Waals surface area contributed by atoms with Crippen LogP contribution in [0.25, 0.3) is 16.3 Å². The van der Waals surface area contributed by atoms with Crippen LogP contribution in [0.3, 0.4) is 0 Å². The van der Waals surface area contributed by atoms with E-state index in [1.165, 1.54) is 18.3 Å². The lowest BCUT2D eigenvalue weighted by molar-refractivity contribution is -0.118. The summed E-state index contributed by atoms with van der Waals surface area (Å²) in [6.45, 7) is 2.03. The Morgan fingerprint density at radius 2 is 2.41 bits per heavy atom. The molecule has 0 aliphatic rings. The van der Waals surface area contributed by atoms with Crippen molar-refractivity contribution in [2.75, 3.05) is 12.3 Å². The van der Waals surface area contributed by atoms with Crippen LogP contribution in [-0.4, -0.2) is 17.4 Å². The largest absolute Gasteiger partial charge is 0.375 e. The third-order valence-corrected chi connectivity index (χ3v) is 3.07. The molecule has 1 amide bonds. The van der Waals surface area contributed by atoms with Gasteiger partial charge in [-0.15, -0.1) is 0 Å². The summed E-state index contributed by atoms with van der Waals surface area (Å²) < 4.78 is 1.08. The molecule has 4 nitrogen and oxygen atoms in total. The lowest BCUT2D eigenvalue weighted by atomic mass is 10.2. The van der Waals surface area contributed by atoms with E-state index in [-0.39, 0.29) is 5.91 Å². The van der Waals surface area contributed by atoms with Gasteiger partial charge >= 0.3 is 0 Å². The van der Waals surface area contributed by atoms with Crippen LogP contribution >= 0.6 is 11.3 Å². The molecule has 0 radical (unpaired) electrons. The summed E-state index contributed by atoms with van der Waals surface area (Å²) in [4.78, 5) is 14.9. The fourth-order valence-corrected chi connectivity index (χ4v) is 2.18. The minimum atomic E-state index is -0.0302. The van der Waals surface area contributed by atoms with Gasteiger partial charge in [0.2, 0.25) is 5.91 Å². The van der Waals surface area contributed by atoms with Crippen LogP contribution in [0.2, 0.25) is 0 Å². The minimum absolute atomic E-state index is 0.0302. The number of aromatic nitrogens is 1. The summed E-state index contributed by atoms with van der Waals surface area (Å²) in [5.41, 5.74) is 7.60. The molecular formula is C12H13N3OS. The smallest absolute Gasteiger partial charge is 0.217 e. The lowest BCUT2D eigenvalue weighted by Gasteiger charge is -1.95. The van der Waals surface area contributed by atoms with Crippen LogP contribution in [-0.2, 0) is 4.79 Å². The van der Waals surface area contributed by atoms with E-state index in [4.69, 9.17) is 5.73 Å². The standard InChI is InChI=1S/C12H13N3OS/c1-8(16)14-6-2-3-9-4-5-11-10(7-9)15-12(13)17-11/h2-5,7H,6H2,1H3,(H2,13,15)(H,14,16). The number of carbonyl (C=O) groups excluding carboxylic acids is 1. The summed E-state index contributed by atoms with van der Waals surface area (Å²) in [7, 11) is 0. The molecule has 0 saturated heterocycles. The van der Waals surface area contributed by atoms with Crippen LogP contribution < -0.4 is 11.1 Å². The molecule has 0 fully saturated rings. The van der Waals surface area contributed by atoms with Crippen LogP contribution in [0.15, 0.2) is 24.3 Å². The minimum Gasteiger partial charge on any atom is -0.375 e. The highest BCUT2D eigenvalue weighted by Gasteiger charge is 2.00. The van der Waals surface area contributed by atoms with Gasteiger partial charge in [0.05, 0.1) is 10.2 Å². The average Bonchev–Trinajstić information content (AvgIpc) is 2.63. The fraction of sp³-hybridized carbons (Fsp3) is 0.167. The molecule has 5 heteroatoms. The van der Waals surface area contributed by atoms with E-state index in [1.54, 1.807) is 0 Å². The summed E-state index contributed by atoms with van der Waals surface area (Å²) >= 11 is 1.48. The molecule has 0 spiro atoms. The molecule has 2 rings (SSSR count). The number of hydrogen-bond acceptors (Lipinski definition) is 4. The molecular weight excluding hydrogens is 234 g/mol. The maximum atomic E-state index is 10.7. The van der Waals surface area contributed by atoms with Gasteiger partial charge in [-0.2, -0.15) is 0 Å². The molecule has 2 aromatic rings. The van der Waals surface area contributed by atoms with Crippen molar-refractivity contribution in [3.8, 4) is 0 Å². The van der Waals surface area contributed by atoms with E-state index in [2.05, 4.69) is 10.3 Å². The van der Waals surface area contributed by atoms with Crippen LogP contribution in [0.4, 0.5) is 5.13 Å². The molecule has 3 N–H and O–H groups in total. The molecule has 17 heavy (non-hydrogen) atoms. The molecule has 0 unspecified atom stereocenters. The maximum absolute atomic E-state index is 10.7. The molecule has 1 aromatic carbocycles. The van der Waals surface area contributed by atoms with Gasteiger partial charge in [-0.05, 0) is 17.7 Å². The number of nitrogens with two attached hydrogens (primary N) is 1. The highest BCUT2D eigenvalue weighted by atomic mass is 32.1. The molecule has 88 valence electrons.